The summed E-state index contributed by atoms with van der Waals surface area (Å²) in [6.45, 7) is 2.08. The summed E-state index contributed by atoms with van der Waals surface area (Å²) in [5.74, 6) is 0.755. The van der Waals surface area contributed by atoms with Gasteiger partial charge in [0.25, 0.3) is 0 Å². The van der Waals surface area contributed by atoms with Crippen LogP contribution < -0.4 is 4.90 Å². The molecule has 0 bridgehead atoms. The summed E-state index contributed by atoms with van der Waals surface area (Å²) >= 11 is 0. The van der Waals surface area contributed by atoms with Crippen LogP contribution in [0.4, 0.5) is 11.5 Å². The third kappa shape index (κ3) is 0.958. The molecule has 0 saturated carbocycles. The Morgan fingerprint density at radius 3 is 3.17 bits per heavy atom. The van der Waals surface area contributed by atoms with E-state index in [1.807, 2.05) is 13.3 Å². The fourth-order valence-corrected chi connectivity index (χ4v) is 1.16. The van der Waals surface area contributed by atoms with Crippen molar-refractivity contribution in [3.05, 3.63) is 12.5 Å². The largest absolute Gasteiger partial charge is 0.363 e. The molecule has 2 rings (SSSR count). The molecular formula is C8H10N4. The van der Waals surface area contributed by atoms with E-state index in [1.54, 1.807) is 6.20 Å². The fraction of sp³-hybridized carbons (Fsp3) is 0.375. The van der Waals surface area contributed by atoms with Crippen LogP contribution in [0.5, 0.6) is 0 Å². The number of anilines is 1. The zero-order valence-electron chi connectivity index (χ0n) is 7.10. The molecule has 0 saturated heterocycles. The van der Waals surface area contributed by atoms with Crippen LogP contribution in [-0.2, 0) is 0 Å². The summed E-state index contributed by atoms with van der Waals surface area (Å²) in [5.41, 5.74) is 0.993. The van der Waals surface area contributed by atoms with Gasteiger partial charge in [-0.3, -0.25) is 0 Å². The van der Waals surface area contributed by atoms with Gasteiger partial charge in [-0.25, -0.2) is 15.0 Å². The highest BCUT2D eigenvalue weighted by molar-refractivity contribution is 5.81. The normalized spacial score (nSPS) is 20.8. The zero-order chi connectivity index (χ0) is 8.55. The second kappa shape index (κ2) is 2.55. The van der Waals surface area contributed by atoms with Crippen molar-refractivity contribution in [1.82, 2.24) is 9.97 Å². The maximum Gasteiger partial charge on any atom is 0.178 e. The minimum Gasteiger partial charge on any atom is -0.363 e. The van der Waals surface area contributed by atoms with Crippen molar-refractivity contribution in [3.8, 4) is 0 Å². The van der Waals surface area contributed by atoms with Crippen LogP contribution in [0.2, 0.25) is 0 Å². The first-order valence-corrected chi connectivity index (χ1v) is 3.86. The van der Waals surface area contributed by atoms with Crippen LogP contribution >= 0.6 is 0 Å². The molecule has 12 heavy (non-hydrogen) atoms. The molecule has 1 aromatic rings. The summed E-state index contributed by atoms with van der Waals surface area (Å²) in [5, 5.41) is 0. The van der Waals surface area contributed by atoms with Gasteiger partial charge in [-0.2, -0.15) is 0 Å². The van der Waals surface area contributed by atoms with Crippen LogP contribution in [0.15, 0.2) is 17.5 Å². The monoisotopic (exact) mass is 162 g/mol. The van der Waals surface area contributed by atoms with Gasteiger partial charge < -0.3 is 4.90 Å². The molecule has 62 valence electrons. The molecule has 0 amide bonds. The van der Waals surface area contributed by atoms with Crippen molar-refractivity contribution in [2.75, 3.05) is 11.9 Å². The van der Waals surface area contributed by atoms with E-state index in [2.05, 4.69) is 26.8 Å². The smallest absolute Gasteiger partial charge is 0.178 e. The lowest BCUT2D eigenvalue weighted by atomic mass is 10.2. The molecule has 0 aromatic carbocycles. The summed E-state index contributed by atoms with van der Waals surface area (Å²) in [6, 6.07) is 0.323. The number of rotatable bonds is 0. The van der Waals surface area contributed by atoms with Crippen molar-refractivity contribution < 1.29 is 0 Å². The maximum absolute atomic E-state index is 4.21. The van der Waals surface area contributed by atoms with E-state index >= 15 is 0 Å². The maximum atomic E-state index is 4.21. The quantitative estimate of drug-likeness (QED) is 0.571. The van der Waals surface area contributed by atoms with Gasteiger partial charge >= 0.3 is 0 Å². The molecule has 0 radical (unpaired) electrons. The molecule has 1 aliphatic heterocycles. The van der Waals surface area contributed by atoms with Crippen molar-refractivity contribution in [2.24, 2.45) is 4.99 Å². The standard InChI is InChI=1S/C8H10N4/c1-6-3-10-8-7(12(6)2)4-9-5-11-8/h3-6H,1-2H3. The van der Waals surface area contributed by atoms with E-state index in [0.717, 1.165) is 11.5 Å². The van der Waals surface area contributed by atoms with Gasteiger partial charge in [-0.1, -0.05) is 0 Å². The van der Waals surface area contributed by atoms with E-state index in [1.165, 1.54) is 6.33 Å². The highest BCUT2D eigenvalue weighted by atomic mass is 15.2. The third-order valence-corrected chi connectivity index (χ3v) is 2.08. The van der Waals surface area contributed by atoms with E-state index in [4.69, 9.17) is 0 Å². The highest BCUT2D eigenvalue weighted by Crippen LogP contribution is 2.27. The number of hydrogen-bond acceptors (Lipinski definition) is 4. The van der Waals surface area contributed by atoms with E-state index in [9.17, 15) is 0 Å². The predicted molar refractivity (Wildman–Crippen MR) is 48.0 cm³/mol. The van der Waals surface area contributed by atoms with Crippen molar-refractivity contribution in [1.29, 1.82) is 0 Å². The molecule has 1 aliphatic rings. The van der Waals surface area contributed by atoms with Gasteiger partial charge in [0.2, 0.25) is 0 Å². The lowest BCUT2D eigenvalue weighted by Gasteiger charge is -2.27. The first-order chi connectivity index (χ1) is 5.79. The zero-order valence-corrected chi connectivity index (χ0v) is 7.10. The molecule has 4 heteroatoms. The van der Waals surface area contributed by atoms with Gasteiger partial charge in [0, 0.05) is 13.3 Å². The Hall–Kier alpha value is -1.45. The lowest BCUT2D eigenvalue weighted by molar-refractivity contribution is 0.849. The molecule has 0 fully saturated rings. The van der Waals surface area contributed by atoms with Gasteiger partial charge in [-0.05, 0) is 6.92 Å². The van der Waals surface area contributed by atoms with Crippen molar-refractivity contribution in [2.45, 2.75) is 13.0 Å². The molecule has 1 unspecified atom stereocenters. The number of hydrogen-bond donors (Lipinski definition) is 0. The Balaban J connectivity index is 2.52. The number of fused-ring (bicyclic) bond motifs is 1. The lowest BCUT2D eigenvalue weighted by Crippen LogP contribution is -2.32. The van der Waals surface area contributed by atoms with Crippen LogP contribution in [0.25, 0.3) is 0 Å². The minimum atomic E-state index is 0.323. The average molecular weight is 162 g/mol. The summed E-state index contributed by atoms with van der Waals surface area (Å²) in [6.07, 6.45) is 5.19. The summed E-state index contributed by atoms with van der Waals surface area (Å²) < 4.78 is 0. The third-order valence-electron chi connectivity index (χ3n) is 2.08. The van der Waals surface area contributed by atoms with E-state index in [0.29, 0.717) is 6.04 Å². The molecule has 0 aliphatic carbocycles. The van der Waals surface area contributed by atoms with Crippen LogP contribution in [-0.4, -0.2) is 29.3 Å². The summed E-state index contributed by atoms with van der Waals surface area (Å²) in [4.78, 5) is 14.3. The average Bonchev–Trinajstić information content (AvgIpc) is 2.12. The van der Waals surface area contributed by atoms with Gasteiger partial charge in [0.15, 0.2) is 5.82 Å². The molecule has 2 heterocycles. The van der Waals surface area contributed by atoms with Gasteiger partial charge in [0.05, 0.1) is 12.2 Å². The van der Waals surface area contributed by atoms with Gasteiger partial charge in [-0.15, -0.1) is 0 Å². The minimum absolute atomic E-state index is 0.323. The molecule has 0 N–H and O–H groups in total. The molecule has 1 atom stereocenters. The van der Waals surface area contributed by atoms with Crippen LogP contribution in [0.1, 0.15) is 6.92 Å². The number of aromatic nitrogens is 2. The Morgan fingerprint density at radius 2 is 2.33 bits per heavy atom. The molecular weight excluding hydrogens is 152 g/mol. The second-order valence-electron chi connectivity index (χ2n) is 2.86. The SMILES string of the molecule is CC1C=Nc2ncncc2N1C. The van der Waals surface area contributed by atoms with Crippen LogP contribution in [0, 0.1) is 0 Å². The Bertz CT molecular complexity index is 321. The topological polar surface area (TPSA) is 41.4 Å². The second-order valence-corrected chi connectivity index (χ2v) is 2.86. The van der Waals surface area contributed by atoms with Crippen molar-refractivity contribution in [3.63, 3.8) is 0 Å². The highest BCUT2D eigenvalue weighted by Gasteiger charge is 2.16. The molecule has 4 nitrogen and oxygen atoms in total. The Kier molecular flexibility index (Phi) is 1.53. The molecule has 0 spiro atoms. The first-order valence-electron chi connectivity index (χ1n) is 3.86. The Labute approximate surface area is 71.0 Å². The fourth-order valence-electron chi connectivity index (χ4n) is 1.16. The van der Waals surface area contributed by atoms with Crippen molar-refractivity contribution >= 4 is 17.7 Å². The Morgan fingerprint density at radius 1 is 1.50 bits per heavy atom. The predicted octanol–water partition coefficient (Wildman–Crippen LogP) is 1.02. The number of nitrogens with zero attached hydrogens (tertiary/aromatic N) is 4. The first kappa shape index (κ1) is 7.21. The summed E-state index contributed by atoms with van der Waals surface area (Å²) in [7, 11) is 2.01. The molecule has 1 aromatic heterocycles. The van der Waals surface area contributed by atoms with E-state index < -0.39 is 0 Å². The van der Waals surface area contributed by atoms with Crippen LogP contribution in [0.3, 0.4) is 0 Å². The van der Waals surface area contributed by atoms with E-state index in [-0.39, 0.29) is 0 Å². The van der Waals surface area contributed by atoms with Gasteiger partial charge in [0.1, 0.15) is 12.0 Å². The number of aliphatic imine (C=N–C) groups is 1.